The van der Waals surface area contributed by atoms with Gasteiger partial charge in [-0.25, -0.2) is 0 Å². The van der Waals surface area contributed by atoms with Gasteiger partial charge in [0.2, 0.25) is 5.91 Å². The van der Waals surface area contributed by atoms with Crippen molar-refractivity contribution >= 4 is 5.91 Å². The van der Waals surface area contributed by atoms with E-state index in [1.54, 1.807) is 32.9 Å². The first-order chi connectivity index (χ1) is 7.88. The van der Waals surface area contributed by atoms with Gasteiger partial charge in [-0.1, -0.05) is 25.2 Å². The van der Waals surface area contributed by atoms with Gasteiger partial charge in [-0.2, -0.15) is 0 Å². The van der Waals surface area contributed by atoms with Gasteiger partial charge in [-0.05, 0) is 27.2 Å². The van der Waals surface area contributed by atoms with Crippen LogP contribution in [0, 0.1) is 0 Å². The molecule has 0 saturated heterocycles. The molecule has 0 aromatic heterocycles. The molecule has 0 radical (unpaired) electrons. The minimum atomic E-state index is -1.11. The summed E-state index contributed by atoms with van der Waals surface area (Å²) in [5, 5.41) is 21.8. The van der Waals surface area contributed by atoms with E-state index in [2.05, 4.69) is 5.32 Å². The Morgan fingerprint density at radius 3 is 2.53 bits per heavy atom. The fourth-order valence-corrected chi connectivity index (χ4v) is 1.23. The normalized spacial score (nSPS) is 17.9. The second kappa shape index (κ2) is 7.25. The largest absolute Gasteiger partial charge is 0.394 e. The zero-order chi connectivity index (χ0) is 13.5. The molecular weight excluding hydrogens is 218 g/mol. The highest BCUT2D eigenvalue weighted by molar-refractivity contribution is 5.93. The van der Waals surface area contributed by atoms with Crippen LogP contribution in [0.2, 0.25) is 0 Å². The number of amides is 1. The SMILES string of the molecule is C/C=C/C=C(\C)C(=O)NC(CO)C(C)(O)CC. The number of hydrogen-bond acceptors (Lipinski definition) is 3. The molecule has 0 aliphatic heterocycles. The van der Waals surface area contributed by atoms with E-state index >= 15 is 0 Å². The monoisotopic (exact) mass is 241 g/mol. The van der Waals surface area contributed by atoms with Crippen molar-refractivity contribution in [2.24, 2.45) is 0 Å². The first-order valence-electron chi connectivity index (χ1n) is 5.82. The number of rotatable bonds is 6. The summed E-state index contributed by atoms with van der Waals surface area (Å²) in [6.07, 6.45) is 5.73. The molecule has 1 amide bonds. The van der Waals surface area contributed by atoms with Crippen molar-refractivity contribution in [1.29, 1.82) is 0 Å². The van der Waals surface area contributed by atoms with Crippen molar-refractivity contribution in [3.05, 3.63) is 23.8 Å². The molecule has 0 fully saturated rings. The second-order valence-electron chi connectivity index (χ2n) is 4.29. The lowest BCUT2D eigenvalue weighted by Gasteiger charge is -2.31. The quantitative estimate of drug-likeness (QED) is 0.482. The highest BCUT2D eigenvalue weighted by Gasteiger charge is 2.30. The average molecular weight is 241 g/mol. The third-order valence-corrected chi connectivity index (χ3v) is 2.85. The molecule has 0 rings (SSSR count). The number of allylic oxidation sites excluding steroid dienone is 3. The highest BCUT2D eigenvalue weighted by atomic mass is 16.3. The smallest absolute Gasteiger partial charge is 0.247 e. The molecule has 0 heterocycles. The first kappa shape index (κ1) is 15.9. The topological polar surface area (TPSA) is 69.6 Å². The third-order valence-electron chi connectivity index (χ3n) is 2.85. The number of aliphatic hydroxyl groups excluding tert-OH is 1. The van der Waals surface area contributed by atoms with Crippen molar-refractivity contribution < 1.29 is 15.0 Å². The van der Waals surface area contributed by atoms with Crippen LogP contribution >= 0.6 is 0 Å². The lowest BCUT2D eigenvalue weighted by molar-refractivity contribution is -0.121. The third kappa shape index (κ3) is 5.15. The highest BCUT2D eigenvalue weighted by Crippen LogP contribution is 2.14. The summed E-state index contributed by atoms with van der Waals surface area (Å²) >= 11 is 0. The molecule has 98 valence electrons. The van der Waals surface area contributed by atoms with E-state index in [9.17, 15) is 15.0 Å². The van der Waals surface area contributed by atoms with E-state index in [1.807, 2.05) is 13.0 Å². The summed E-state index contributed by atoms with van der Waals surface area (Å²) in [6.45, 7) is 6.66. The Kier molecular flexibility index (Phi) is 6.76. The van der Waals surface area contributed by atoms with Gasteiger partial charge < -0.3 is 15.5 Å². The Labute approximate surface area is 103 Å². The molecule has 0 saturated carbocycles. The molecule has 2 unspecified atom stereocenters. The number of hydrogen-bond donors (Lipinski definition) is 3. The van der Waals surface area contributed by atoms with Crippen LogP contribution in [0.1, 0.15) is 34.1 Å². The van der Waals surface area contributed by atoms with Gasteiger partial charge in [-0.3, -0.25) is 4.79 Å². The number of aliphatic hydroxyl groups is 2. The lowest BCUT2D eigenvalue weighted by atomic mass is 9.94. The van der Waals surface area contributed by atoms with Crippen LogP contribution in [-0.4, -0.2) is 34.4 Å². The molecule has 0 aliphatic rings. The van der Waals surface area contributed by atoms with E-state index in [4.69, 9.17) is 0 Å². The van der Waals surface area contributed by atoms with E-state index in [1.165, 1.54) is 0 Å². The minimum absolute atomic E-state index is 0.282. The fourth-order valence-electron chi connectivity index (χ4n) is 1.23. The minimum Gasteiger partial charge on any atom is -0.394 e. The number of nitrogens with one attached hydrogen (secondary N) is 1. The predicted octanol–water partition coefficient (Wildman–Crippen LogP) is 1.15. The average Bonchev–Trinajstić information content (AvgIpc) is 2.32. The van der Waals surface area contributed by atoms with Crippen molar-refractivity contribution in [1.82, 2.24) is 5.32 Å². The molecule has 0 aromatic rings. The summed E-state index contributed by atoms with van der Waals surface area (Å²) in [4.78, 5) is 11.7. The van der Waals surface area contributed by atoms with Gasteiger partial charge in [0.1, 0.15) is 0 Å². The van der Waals surface area contributed by atoms with Crippen LogP contribution in [0.3, 0.4) is 0 Å². The maximum atomic E-state index is 11.7. The van der Waals surface area contributed by atoms with Gasteiger partial charge in [0.05, 0.1) is 18.2 Å². The molecule has 4 heteroatoms. The van der Waals surface area contributed by atoms with Gasteiger partial charge >= 0.3 is 0 Å². The Bertz CT molecular complexity index is 306. The number of carbonyl (C=O) groups excluding carboxylic acids is 1. The van der Waals surface area contributed by atoms with Crippen molar-refractivity contribution in [2.75, 3.05) is 6.61 Å². The maximum absolute atomic E-state index is 11.7. The van der Waals surface area contributed by atoms with Gasteiger partial charge in [0.15, 0.2) is 0 Å². The second-order valence-corrected chi connectivity index (χ2v) is 4.29. The van der Waals surface area contributed by atoms with Gasteiger partial charge in [0.25, 0.3) is 0 Å². The fraction of sp³-hybridized carbons (Fsp3) is 0.615. The molecule has 17 heavy (non-hydrogen) atoms. The van der Waals surface area contributed by atoms with Crippen LogP contribution < -0.4 is 5.32 Å². The standard InChI is InChI=1S/C13H23NO3/c1-5-7-8-10(3)12(16)14-11(9-15)13(4,17)6-2/h5,7-8,11,15,17H,6,9H2,1-4H3,(H,14,16)/b7-5+,10-8+. The Hall–Kier alpha value is -1.13. The summed E-state index contributed by atoms with van der Waals surface area (Å²) in [5.74, 6) is -0.282. The Morgan fingerprint density at radius 1 is 1.53 bits per heavy atom. The number of carbonyl (C=O) groups is 1. The summed E-state index contributed by atoms with van der Waals surface area (Å²) < 4.78 is 0. The zero-order valence-electron chi connectivity index (χ0n) is 11.0. The molecular formula is C13H23NO3. The summed E-state index contributed by atoms with van der Waals surface area (Å²) in [7, 11) is 0. The van der Waals surface area contributed by atoms with E-state index < -0.39 is 11.6 Å². The molecule has 2 atom stereocenters. The molecule has 3 N–H and O–H groups in total. The molecule has 4 nitrogen and oxygen atoms in total. The van der Waals surface area contributed by atoms with Crippen molar-refractivity contribution in [2.45, 2.75) is 45.8 Å². The van der Waals surface area contributed by atoms with Gasteiger partial charge in [-0.15, -0.1) is 0 Å². The van der Waals surface area contributed by atoms with Gasteiger partial charge in [0, 0.05) is 5.57 Å². The predicted molar refractivity (Wildman–Crippen MR) is 68.5 cm³/mol. The van der Waals surface area contributed by atoms with E-state index in [0.717, 1.165) is 0 Å². The molecule has 0 aromatic carbocycles. The first-order valence-corrected chi connectivity index (χ1v) is 5.82. The summed E-state index contributed by atoms with van der Waals surface area (Å²) in [5.41, 5.74) is -0.570. The summed E-state index contributed by atoms with van der Waals surface area (Å²) in [6, 6.07) is -0.658. The van der Waals surface area contributed by atoms with Crippen LogP contribution in [0.25, 0.3) is 0 Å². The van der Waals surface area contributed by atoms with Crippen molar-refractivity contribution in [3.8, 4) is 0 Å². The maximum Gasteiger partial charge on any atom is 0.247 e. The molecule has 0 spiro atoms. The van der Waals surface area contributed by atoms with Crippen LogP contribution in [0.15, 0.2) is 23.8 Å². The Morgan fingerprint density at radius 2 is 2.12 bits per heavy atom. The van der Waals surface area contributed by atoms with Crippen molar-refractivity contribution in [3.63, 3.8) is 0 Å². The molecule has 0 aliphatic carbocycles. The molecule has 0 bridgehead atoms. The Balaban J connectivity index is 4.65. The van der Waals surface area contributed by atoms with E-state index in [-0.39, 0.29) is 12.5 Å². The van der Waals surface area contributed by atoms with Crippen LogP contribution in [0.5, 0.6) is 0 Å². The van der Waals surface area contributed by atoms with Crippen LogP contribution in [-0.2, 0) is 4.79 Å². The zero-order valence-corrected chi connectivity index (χ0v) is 11.0. The van der Waals surface area contributed by atoms with E-state index in [0.29, 0.717) is 12.0 Å². The van der Waals surface area contributed by atoms with Crippen LogP contribution in [0.4, 0.5) is 0 Å². The lowest BCUT2D eigenvalue weighted by Crippen LogP contribution is -2.53.